The molecule has 0 bridgehead atoms. The number of phenols is 1. The standard InChI is InChI=1S/C12H16N2O2/c13-12(16)14(7-9-4-5-9)8-10-2-1-3-11(15)6-10/h1-3,6,9,15H,4-5,7-8H2,(H2,13,16). The van der Waals surface area contributed by atoms with Crippen LogP contribution in [0.5, 0.6) is 5.75 Å². The van der Waals surface area contributed by atoms with Crippen molar-refractivity contribution in [1.29, 1.82) is 0 Å². The minimum absolute atomic E-state index is 0.216. The summed E-state index contributed by atoms with van der Waals surface area (Å²) >= 11 is 0. The van der Waals surface area contributed by atoms with Gasteiger partial charge in [0.2, 0.25) is 0 Å². The molecule has 4 heteroatoms. The lowest BCUT2D eigenvalue weighted by molar-refractivity contribution is 0.202. The lowest BCUT2D eigenvalue weighted by atomic mass is 10.2. The van der Waals surface area contributed by atoms with E-state index in [9.17, 15) is 9.90 Å². The van der Waals surface area contributed by atoms with Gasteiger partial charge in [0.05, 0.1) is 0 Å². The SMILES string of the molecule is NC(=O)N(Cc1cccc(O)c1)CC1CC1. The van der Waals surface area contributed by atoms with Crippen molar-refractivity contribution in [3.05, 3.63) is 29.8 Å². The van der Waals surface area contributed by atoms with Gasteiger partial charge in [0.15, 0.2) is 0 Å². The molecule has 1 aliphatic rings. The van der Waals surface area contributed by atoms with Gasteiger partial charge in [-0.2, -0.15) is 0 Å². The third kappa shape index (κ3) is 2.89. The molecule has 1 fully saturated rings. The van der Waals surface area contributed by atoms with Crippen molar-refractivity contribution in [2.24, 2.45) is 11.7 Å². The van der Waals surface area contributed by atoms with Crippen LogP contribution in [0.4, 0.5) is 4.79 Å². The number of phenolic OH excluding ortho intramolecular Hbond substituents is 1. The summed E-state index contributed by atoms with van der Waals surface area (Å²) in [6, 6.07) is 6.51. The molecule has 3 N–H and O–H groups in total. The maximum atomic E-state index is 11.2. The topological polar surface area (TPSA) is 66.6 Å². The first-order valence-electron chi connectivity index (χ1n) is 5.47. The summed E-state index contributed by atoms with van der Waals surface area (Å²) in [6.07, 6.45) is 2.37. The molecule has 2 amide bonds. The second-order valence-corrected chi connectivity index (χ2v) is 4.33. The molecule has 0 aromatic heterocycles. The van der Waals surface area contributed by atoms with Crippen molar-refractivity contribution >= 4 is 6.03 Å². The number of rotatable bonds is 4. The van der Waals surface area contributed by atoms with E-state index in [4.69, 9.17) is 5.73 Å². The summed E-state index contributed by atoms with van der Waals surface area (Å²) in [5.74, 6) is 0.832. The van der Waals surface area contributed by atoms with Crippen LogP contribution in [0.3, 0.4) is 0 Å². The molecule has 0 unspecified atom stereocenters. The van der Waals surface area contributed by atoms with Crippen LogP contribution >= 0.6 is 0 Å². The zero-order valence-corrected chi connectivity index (χ0v) is 9.10. The van der Waals surface area contributed by atoms with Crippen LogP contribution in [0.15, 0.2) is 24.3 Å². The van der Waals surface area contributed by atoms with Gasteiger partial charge in [0.1, 0.15) is 5.75 Å². The van der Waals surface area contributed by atoms with Gasteiger partial charge in [0, 0.05) is 13.1 Å². The van der Waals surface area contributed by atoms with E-state index >= 15 is 0 Å². The summed E-state index contributed by atoms with van der Waals surface area (Å²) in [6.45, 7) is 1.20. The summed E-state index contributed by atoms with van der Waals surface area (Å²) in [5.41, 5.74) is 6.23. The highest BCUT2D eigenvalue weighted by atomic mass is 16.3. The maximum Gasteiger partial charge on any atom is 0.315 e. The first kappa shape index (κ1) is 10.8. The number of nitrogens with two attached hydrogens (primary N) is 1. The van der Waals surface area contributed by atoms with Crippen molar-refractivity contribution in [2.75, 3.05) is 6.54 Å². The Balaban J connectivity index is 2.01. The summed E-state index contributed by atoms with van der Waals surface area (Å²) in [7, 11) is 0. The molecule has 0 atom stereocenters. The van der Waals surface area contributed by atoms with E-state index in [-0.39, 0.29) is 5.75 Å². The van der Waals surface area contributed by atoms with Gasteiger partial charge in [-0.15, -0.1) is 0 Å². The van der Waals surface area contributed by atoms with E-state index in [1.165, 1.54) is 12.8 Å². The summed E-state index contributed by atoms with van der Waals surface area (Å²) < 4.78 is 0. The third-order valence-electron chi connectivity index (χ3n) is 2.77. The molecule has 1 aromatic rings. The van der Waals surface area contributed by atoms with Gasteiger partial charge in [0.25, 0.3) is 0 Å². The molecule has 0 aliphatic heterocycles. The van der Waals surface area contributed by atoms with E-state index in [0.717, 1.165) is 12.1 Å². The molecule has 1 saturated carbocycles. The minimum Gasteiger partial charge on any atom is -0.508 e. The molecule has 86 valence electrons. The summed E-state index contributed by atoms with van der Waals surface area (Å²) in [5, 5.41) is 9.32. The molecule has 2 rings (SSSR count). The average Bonchev–Trinajstić information content (AvgIpc) is 3.00. The second-order valence-electron chi connectivity index (χ2n) is 4.33. The number of primary amides is 1. The van der Waals surface area contributed by atoms with Crippen molar-refractivity contribution < 1.29 is 9.90 Å². The van der Waals surface area contributed by atoms with Crippen molar-refractivity contribution in [3.8, 4) is 5.75 Å². The Labute approximate surface area is 94.7 Å². The number of hydrogen-bond donors (Lipinski definition) is 2. The van der Waals surface area contributed by atoms with Crippen LogP contribution in [0.25, 0.3) is 0 Å². The van der Waals surface area contributed by atoms with Crippen LogP contribution in [0.2, 0.25) is 0 Å². The molecule has 0 heterocycles. The highest BCUT2D eigenvalue weighted by Crippen LogP contribution is 2.30. The number of urea groups is 1. The number of nitrogens with zero attached hydrogens (tertiary/aromatic N) is 1. The Morgan fingerprint density at radius 1 is 1.50 bits per heavy atom. The molecular weight excluding hydrogens is 204 g/mol. The number of carbonyl (C=O) groups is 1. The Hall–Kier alpha value is -1.71. The van der Waals surface area contributed by atoms with Crippen molar-refractivity contribution in [2.45, 2.75) is 19.4 Å². The zero-order valence-electron chi connectivity index (χ0n) is 9.10. The third-order valence-corrected chi connectivity index (χ3v) is 2.77. The van der Waals surface area contributed by atoms with Gasteiger partial charge in [-0.1, -0.05) is 12.1 Å². The smallest absolute Gasteiger partial charge is 0.315 e. The first-order valence-corrected chi connectivity index (χ1v) is 5.47. The number of amides is 2. The van der Waals surface area contributed by atoms with Crippen LogP contribution < -0.4 is 5.73 Å². The Bertz CT molecular complexity index is 388. The fourth-order valence-corrected chi connectivity index (χ4v) is 1.72. The Morgan fingerprint density at radius 2 is 2.25 bits per heavy atom. The van der Waals surface area contributed by atoms with Crippen LogP contribution in [-0.4, -0.2) is 22.6 Å². The minimum atomic E-state index is -0.393. The van der Waals surface area contributed by atoms with E-state index in [1.54, 1.807) is 23.1 Å². The van der Waals surface area contributed by atoms with Crippen LogP contribution in [-0.2, 0) is 6.54 Å². The maximum absolute atomic E-state index is 11.2. The number of benzene rings is 1. The molecule has 1 aromatic carbocycles. The van der Waals surface area contributed by atoms with E-state index in [1.807, 2.05) is 6.07 Å². The largest absolute Gasteiger partial charge is 0.508 e. The molecule has 0 saturated heterocycles. The number of carbonyl (C=O) groups excluding carboxylic acids is 1. The molecule has 0 radical (unpaired) electrons. The van der Waals surface area contributed by atoms with E-state index in [2.05, 4.69) is 0 Å². The lowest BCUT2D eigenvalue weighted by Gasteiger charge is -2.20. The predicted molar refractivity (Wildman–Crippen MR) is 60.8 cm³/mol. The lowest BCUT2D eigenvalue weighted by Crippen LogP contribution is -2.36. The zero-order chi connectivity index (χ0) is 11.5. The van der Waals surface area contributed by atoms with Crippen molar-refractivity contribution in [1.82, 2.24) is 4.90 Å². The summed E-state index contributed by atoms with van der Waals surface area (Å²) in [4.78, 5) is 12.9. The molecule has 16 heavy (non-hydrogen) atoms. The average molecular weight is 220 g/mol. The van der Waals surface area contributed by atoms with E-state index < -0.39 is 6.03 Å². The fourth-order valence-electron chi connectivity index (χ4n) is 1.72. The molecule has 4 nitrogen and oxygen atoms in total. The van der Waals surface area contributed by atoms with Crippen LogP contribution in [0, 0.1) is 5.92 Å². The monoisotopic (exact) mass is 220 g/mol. The molecule has 0 spiro atoms. The predicted octanol–water partition coefficient (Wildman–Crippen LogP) is 1.68. The van der Waals surface area contributed by atoms with Crippen LogP contribution in [0.1, 0.15) is 18.4 Å². The molecule has 1 aliphatic carbocycles. The van der Waals surface area contributed by atoms with Gasteiger partial charge in [-0.05, 0) is 36.5 Å². The highest BCUT2D eigenvalue weighted by molar-refractivity contribution is 5.72. The number of hydrogen-bond acceptors (Lipinski definition) is 2. The number of aromatic hydroxyl groups is 1. The van der Waals surface area contributed by atoms with Gasteiger partial charge >= 0.3 is 6.03 Å². The molecular formula is C12H16N2O2. The first-order chi connectivity index (χ1) is 7.65. The van der Waals surface area contributed by atoms with E-state index in [0.29, 0.717) is 12.5 Å². The van der Waals surface area contributed by atoms with Crippen molar-refractivity contribution in [3.63, 3.8) is 0 Å². The Morgan fingerprint density at radius 3 is 2.81 bits per heavy atom. The Kier molecular flexibility index (Phi) is 2.99. The second kappa shape index (κ2) is 4.43. The quantitative estimate of drug-likeness (QED) is 0.810. The van der Waals surface area contributed by atoms with Gasteiger partial charge < -0.3 is 15.7 Å². The van der Waals surface area contributed by atoms with Gasteiger partial charge in [-0.3, -0.25) is 0 Å². The highest BCUT2D eigenvalue weighted by Gasteiger charge is 2.25. The van der Waals surface area contributed by atoms with Gasteiger partial charge in [-0.25, -0.2) is 4.79 Å². The normalized spacial score (nSPS) is 14.8. The fraction of sp³-hybridized carbons (Fsp3) is 0.417.